The van der Waals surface area contributed by atoms with Gasteiger partial charge in [-0.15, -0.1) is 34.2 Å². The van der Waals surface area contributed by atoms with E-state index in [1.165, 1.54) is 25.7 Å². The third kappa shape index (κ3) is 5.73. The Morgan fingerprint density at radius 1 is 1.27 bits per heavy atom. The van der Waals surface area contributed by atoms with Crippen LogP contribution in [0.2, 0.25) is 0 Å². The molecular weight excluding hydrogens is 391 g/mol. The van der Waals surface area contributed by atoms with Gasteiger partial charge >= 0.3 is 0 Å². The highest BCUT2D eigenvalue weighted by atomic mass is 127. The highest BCUT2D eigenvalue weighted by molar-refractivity contribution is 14.0. The number of aryl methyl sites for hydroxylation is 1. The lowest BCUT2D eigenvalue weighted by Crippen LogP contribution is -2.38. The molecule has 1 aromatic heterocycles. The van der Waals surface area contributed by atoms with E-state index >= 15 is 0 Å². The standard InChI is InChI=1S/C15H28N6.HI/c1-12(2)7-6-9-17-15(16-3)18-11-14-20-19-13-8-4-5-10-21(13)14;/h12H,4-11H2,1-3H3,(H2,16,17,18);1H. The van der Waals surface area contributed by atoms with Crippen molar-refractivity contribution in [2.45, 2.75) is 59.0 Å². The minimum atomic E-state index is 0. The number of fused-ring (bicyclic) bond motifs is 1. The summed E-state index contributed by atoms with van der Waals surface area (Å²) in [6.07, 6.45) is 5.90. The molecule has 0 radical (unpaired) electrons. The van der Waals surface area contributed by atoms with Gasteiger partial charge in [0.1, 0.15) is 5.82 Å². The largest absolute Gasteiger partial charge is 0.356 e. The summed E-state index contributed by atoms with van der Waals surface area (Å²) in [5, 5.41) is 15.2. The molecule has 126 valence electrons. The van der Waals surface area contributed by atoms with Crippen LogP contribution in [0.25, 0.3) is 0 Å². The van der Waals surface area contributed by atoms with Crippen LogP contribution in [0.3, 0.4) is 0 Å². The summed E-state index contributed by atoms with van der Waals surface area (Å²) >= 11 is 0. The van der Waals surface area contributed by atoms with Crippen molar-refractivity contribution in [2.75, 3.05) is 13.6 Å². The Balaban J connectivity index is 0.00000242. The fourth-order valence-electron chi connectivity index (χ4n) is 2.60. The third-order valence-corrected chi connectivity index (χ3v) is 3.82. The van der Waals surface area contributed by atoms with Crippen LogP contribution >= 0.6 is 24.0 Å². The van der Waals surface area contributed by atoms with Gasteiger partial charge in [0.2, 0.25) is 0 Å². The fraction of sp³-hybridized carbons (Fsp3) is 0.800. The van der Waals surface area contributed by atoms with Crippen LogP contribution in [0.1, 0.15) is 51.2 Å². The number of hydrogen-bond donors (Lipinski definition) is 2. The molecule has 0 bridgehead atoms. The summed E-state index contributed by atoms with van der Waals surface area (Å²) in [5.41, 5.74) is 0. The van der Waals surface area contributed by atoms with Gasteiger partial charge in [0, 0.05) is 26.6 Å². The number of nitrogens with zero attached hydrogens (tertiary/aromatic N) is 4. The monoisotopic (exact) mass is 420 g/mol. The zero-order valence-electron chi connectivity index (χ0n) is 13.9. The van der Waals surface area contributed by atoms with E-state index in [0.29, 0.717) is 6.54 Å². The van der Waals surface area contributed by atoms with E-state index in [2.05, 4.69) is 44.2 Å². The molecule has 2 heterocycles. The third-order valence-electron chi connectivity index (χ3n) is 3.82. The van der Waals surface area contributed by atoms with Crippen LogP contribution in [-0.2, 0) is 19.5 Å². The van der Waals surface area contributed by atoms with Gasteiger partial charge < -0.3 is 15.2 Å². The number of rotatable bonds is 6. The molecule has 0 spiro atoms. The smallest absolute Gasteiger partial charge is 0.191 e. The maximum Gasteiger partial charge on any atom is 0.191 e. The van der Waals surface area contributed by atoms with Crippen molar-refractivity contribution < 1.29 is 0 Å². The van der Waals surface area contributed by atoms with E-state index in [1.807, 2.05) is 0 Å². The Morgan fingerprint density at radius 3 is 2.82 bits per heavy atom. The molecule has 0 unspecified atom stereocenters. The van der Waals surface area contributed by atoms with E-state index in [-0.39, 0.29) is 24.0 Å². The van der Waals surface area contributed by atoms with Gasteiger partial charge in [-0.05, 0) is 31.6 Å². The molecule has 0 atom stereocenters. The van der Waals surface area contributed by atoms with E-state index in [9.17, 15) is 0 Å². The second-order valence-corrected chi connectivity index (χ2v) is 6.03. The molecule has 1 aliphatic rings. The lowest BCUT2D eigenvalue weighted by atomic mass is 10.1. The first-order valence-corrected chi connectivity index (χ1v) is 8.06. The first-order chi connectivity index (χ1) is 10.2. The summed E-state index contributed by atoms with van der Waals surface area (Å²) in [6.45, 7) is 7.18. The number of aliphatic imine (C=N–C) groups is 1. The molecule has 0 amide bonds. The van der Waals surface area contributed by atoms with Crippen LogP contribution in [0.5, 0.6) is 0 Å². The van der Waals surface area contributed by atoms with Crippen molar-refractivity contribution in [3.63, 3.8) is 0 Å². The van der Waals surface area contributed by atoms with Gasteiger partial charge in [-0.2, -0.15) is 0 Å². The van der Waals surface area contributed by atoms with Gasteiger partial charge in [-0.1, -0.05) is 13.8 Å². The lowest BCUT2D eigenvalue weighted by molar-refractivity contribution is 0.504. The molecule has 2 rings (SSSR count). The zero-order valence-corrected chi connectivity index (χ0v) is 16.3. The summed E-state index contributed by atoms with van der Waals surface area (Å²) in [7, 11) is 1.80. The Kier molecular flexibility index (Phi) is 8.74. The van der Waals surface area contributed by atoms with E-state index < -0.39 is 0 Å². The van der Waals surface area contributed by atoms with E-state index in [1.54, 1.807) is 7.05 Å². The second-order valence-electron chi connectivity index (χ2n) is 6.03. The Labute approximate surface area is 150 Å². The normalized spacial score (nSPS) is 14.5. The van der Waals surface area contributed by atoms with Crippen molar-refractivity contribution in [3.8, 4) is 0 Å². The molecule has 7 heteroatoms. The number of halogens is 1. The first kappa shape index (κ1) is 19.2. The van der Waals surface area contributed by atoms with Gasteiger partial charge in [-0.25, -0.2) is 0 Å². The maximum absolute atomic E-state index is 4.29. The van der Waals surface area contributed by atoms with Crippen LogP contribution in [0, 0.1) is 5.92 Å². The molecule has 22 heavy (non-hydrogen) atoms. The van der Waals surface area contributed by atoms with Crippen molar-refractivity contribution in [1.82, 2.24) is 25.4 Å². The molecule has 0 fully saturated rings. The quantitative estimate of drug-likeness (QED) is 0.321. The predicted octanol–water partition coefficient (Wildman–Crippen LogP) is 2.33. The van der Waals surface area contributed by atoms with Gasteiger partial charge in [-0.3, -0.25) is 4.99 Å². The molecule has 0 aromatic carbocycles. The van der Waals surface area contributed by atoms with Crippen LogP contribution < -0.4 is 10.6 Å². The molecule has 1 aliphatic heterocycles. The highest BCUT2D eigenvalue weighted by Crippen LogP contribution is 2.13. The fourth-order valence-corrected chi connectivity index (χ4v) is 2.60. The molecule has 6 nitrogen and oxygen atoms in total. The molecule has 2 N–H and O–H groups in total. The van der Waals surface area contributed by atoms with Gasteiger partial charge in [0.15, 0.2) is 11.8 Å². The SMILES string of the molecule is CN=C(NCCCC(C)C)NCc1nnc2n1CCCC2.I. The topological polar surface area (TPSA) is 67.1 Å². The summed E-state index contributed by atoms with van der Waals surface area (Å²) < 4.78 is 2.24. The average molecular weight is 420 g/mol. The maximum atomic E-state index is 4.29. The Bertz CT molecular complexity index is 469. The first-order valence-electron chi connectivity index (χ1n) is 8.06. The van der Waals surface area contributed by atoms with Gasteiger partial charge in [0.05, 0.1) is 6.54 Å². The highest BCUT2D eigenvalue weighted by Gasteiger charge is 2.15. The minimum Gasteiger partial charge on any atom is -0.356 e. The molecule has 0 aliphatic carbocycles. The van der Waals surface area contributed by atoms with Crippen LogP contribution in [-0.4, -0.2) is 34.3 Å². The molecular formula is C15H29IN6. The van der Waals surface area contributed by atoms with Crippen molar-refractivity contribution in [3.05, 3.63) is 11.6 Å². The van der Waals surface area contributed by atoms with Crippen LogP contribution in [0.15, 0.2) is 4.99 Å². The second kappa shape index (κ2) is 10.0. The molecule has 0 saturated carbocycles. The predicted molar refractivity (Wildman–Crippen MR) is 101 cm³/mol. The molecule has 0 saturated heterocycles. The average Bonchev–Trinajstić information content (AvgIpc) is 2.89. The zero-order chi connectivity index (χ0) is 15.1. The number of hydrogen-bond acceptors (Lipinski definition) is 3. The van der Waals surface area contributed by atoms with E-state index in [4.69, 9.17) is 0 Å². The number of guanidine groups is 1. The summed E-state index contributed by atoms with van der Waals surface area (Å²) in [5.74, 6) is 3.73. The van der Waals surface area contributed by atoms with Crippen molar-refractivity contribution >= 4 is 29.9 Å². The van der Waals surface area contributed by atoms with Crippen molar-refractivity contribution in [1.29, 1.82) is 0 Å². The Hall–Kier alpha value is -0.860. The number of aromatic nitrogens is 3. The van der Waals surface area contributed by atoms with Crippen LogP contribution in [0.4, 0.5) is 0 Å². The summed E-state index contributed by atoms with van der Waals surface area (Å²) in [6, 6.07) is 0. The Morgan fingerprint density at radius 2 is 2.09 bits per heavy atom. The number of nitrogens with one attached hydrogen (secondary N) is 2. The van der Waals surface area contributed by atoms with E-state index in [0.717, 1.165) is 43.0 Å². The summed E-state index contributed by atoms with van der Waals surface area (Å²) in [4.78, 5) is 4.25. The molecule has 1 aromatic rings. The minimum absolute atomic E-state index is 0. The van der Waals surface area contributed by atoms with Gasteiger partial charge in [0.25, 0.3) is 0 Å². The van der Waals surface area contributed by atoms with Crippen molar-refractivity contribution in [2.24, 2.45) is 10.9 Å². The lowest BCUT2D eigenvalue weighted by Gasteiger charge is -2.16.